The van der Waals surface area contributed by atoms with Gasteiger partial charge in [-0.3, -0.25) is 4.98 Å². The second-order valence-corrected chi connectivity index (χ2v) is 7.28. The molecule has 1 aromatic heterocycles. The number of hydrogen-bond acceptors (Lipinski definition) is 3. The van der Waals surface area contributed by atoms with Crippen LogP contribution in [-0.2, 0) is 16.4 Å². The molecule has 0 radical (unpaired) electrons. The SMILES string of the molecule is CN(C(CCc1ccccc1)C(F)F)S(=O)(=O)c1cncc(F)c1. The lowest BCUT2D eigenvalue weighted by Gasteiger charge is -2.26. The van der Waals surface area contributed by atoms with Crippen molar-refractivity contribution in [2.45, 2.75) is 30.2 Å². The second-order valence-electron chi connectivity index (χ2n) is 5.29. The maximum absolute atomic E-state index is 13.4. The van der Waals surface area contributed by atoms with Crippen LogP contribution in [0.3, 0.4) is 0 Å². The molecular weight excluding hydrogens is 341 g/mol. The molecule has 1 aromatic carbocycles. The van der Waals surface area contributed by atoms with Gasteiger partial charge in [0, 0.05) is 13.2 Å². The predicted molar refractivity (Wildman–Crippen MR) is 83.7 cm³/mol. The zero-order valence-corrected chi connectivity index (χ0v) is 13.8. The van der Waals surface area contributed by atoms with E-state index in [2.05, 4.69) is 4.98 Å². The average molecular weight is 358 g/mol. The number of halogens is 3. The van der Waals surface area contributed by atoms with E-state index in [4.69, 9.17) is 0 Å². The Labute approximate surface area is 139 Å². The number of aryl methyl sites for hydroxylation is 1. The second kappa shape index (κ2) is 7.76. The van der Waals surface area contributed by atoms with Crippen molar-refractivity contribution in [3.8, 4) is 0 Å². The van der Waals surface area contributed by atoms with E-state index in [0.717, 1.165) is 31.1 Å². The van der Waals surface area contributed by atoms with Crippen LogP contribution in [0.15, 0.2) is 53.7 Å². The fourth-order valence-electron chi connectivity index (χ4n) is 2.30. The van der Waals surface area contributed by atoms with Gasteiger partial charge < -0.3 is 0 Å². The minimum atomic E-state index is -4.26. The lowest BCUT2D eigenvalue weighted by atomic mass is 10.1. The van der Waals surface area contributed by atoms with Crippen LogP contribution in [0.4, 0.5) is 13.2 Å². The van der Waals surface area contributed by atoms with Gasteiger partial charge in [-0.05, 0) is 24.5 Å². The Morgan fingerprint density at radius 2 is 1.83 bits per heavy atom. The van der Waals surface area contributed by atoms with Crippen LogP contribution in [0, 0.1) is 5.82 Å². The van der Waals surface area contributed by atoms with Gasteiger partial charge in [0.15, 0.2) is 0 Å². The highest BCUT2D eigenvalue weighted by atomic mass is 32.2. The normalized spacial score (nSPS) is 13.4. The van der Waals surface area contributed by atoms with Crippen LogP contribution < -0.4 is 0 Å². The van der Waals surface area contributed by atoms with Crippen molar-refractivity contribution in [1.82, 2.24) is 9.29 Å². The van der Waals surface area contributed by atoms with Crippen LogP contribution in [0.25, 0.3) is 0 Å². The minimum absolute atomic E-state index is 0.0554. The van der Waals surface area contributed by atoms with Gasteiger partial charge in [0.2, 0.25) is 10.0 Å². The summed E-state index contributed by atoms with van der Waals surface area (Å²) in [6.07, 6.45) is -0.833. The third kappa shape index (κ3) is 4.33. The highest BCUT2D eigenvalue weighted by Gasteiger charge is 2.34. The quantitative estimate of drug-likeness (QED) is 0.764. The summed E-state index contributed by atoms with van der Waals surface area (Å²) in [4.78, 5) is 3.01. The maximum Gasteiger partial charge on any atom is 0.255 e. The largest absolute Gasteiger partial charge is 0.260 e. The van der Waals surface area contributed by atoms with Crippen molar-refractivity contribution < 1.29 is 21.6 Å². The Morgan fingerprint density at radius 3 is 2.42 bits per heavy atom. The summed E-state index contributed by atoms with van der Waals surface area (Å²) < 4.78 is 65.4. The molecule has 0 saturated carbocycles. The Bertz CT molecular complexity index is 770. The Morgan fingerprint density at radius 1 is 1.17 bits per heavy atom. The van der Waals surface area contributed by atoms with Crippen LogP contribution >= 0.6 is 0 Å². The number of aromatic nitrogens is 1. The molecule has 130 valence electrons. The van der Waals surface area contributed by atoms with Gasteiger partial charge >= 0.3 is 0 Å². The number of sulfonamides is 1. The fraction of sp³-hybridized carbons (Fsp3) is 0.312. The van der Waals surface area contributed by atoms with E-state index in [0.29, 0.717) is 10.7 Å². The summed E-state index contributed by atoms with van der Waals surface area (Å²) in [6.45, 7) is 0. The molecule has 24 heavy (non-hydrogen) atoms. The van der Waals surface area contributed by atoms with Crippen LogP contribution in [0.5, 0.6) is 0 Å². The summed E-state index contributed by atoms with van der Waals surface area (Å²) in [6, 6.07) is 8.19. The average Bonchev–Trinajstić information content (AvgIpc) is 2.55. The highest BCUT2D eigenvalue weighted by Crippen LogP contribution is 2.23. The summed E-state index contributed by atoms with van der Waals surface area (Å²) in [5.41, 5.74) is 0.835. The van der Waals surface area contributed by atoms with Gasteiger partial charge in [-0.15, -0.1) is 0 Å². The van der Waals surface area contributed by atoms with Gasteiger partial charge in [0.1, 0.15) is 10.7 Å². The number of hydrogen-bond donors (Lipinski definition) is 0. The van der Waals surface area contributed by atoms with Gasteiger partial charge in [-0.25, -0.2) is 21.6 Å². The first-order valence-corrected chi connectivity index (χ1v) is 8.67. The van der Waals surface area contributed by atoms with Crippen LogP contribution in [-0.4, -0.2) is 37.2 Å². The van der Waals surface area contributed by atoms with E-state index in [1.54, 1.807) is 24.3 Å². The third-order valence-electron chi connectivity index (χ3n) is 3.69. The van der Waals surface area contributed by atoms with Crippen LogP contribution in [0.2, 0.25) is 0 Å². The molecule has 0 fully saturated rings. The maximum atomic E-state index is 13.4. The molecule has 4 nitrogen and oxygen atoms in total. The van der Waals surface area contributed by atoms with E-state index in [1.807, 2.05) is 6.07 Å². The zero-order chi connectivity index (χ0) is 17.7. The van der Waals surface area contributed by atoms with Crippen molar-refractivity contribution in [3.05, 3.63) is 60.2 Å². The molecule has 0 aliphatic rings. The Balaban J connectivity index is 2.20. The zero-order valence-electron chi connectivity index (χ0n) is 12.9. The van der Waals surface area contributed by atoms with Gasteiger partial charge in [-0.1, -0.05) is 30.3 Å². The van der Waals surface area contributed by atoms with Crippen molar-refractivity contribution in [1.29, 1.82) is 0 Å². The van der Waals surface area contributed by atoms with E-state index in [1.165, 1.54) is 0 Å². The summed E-state index contributed by atoms with van der Waals surface area (Å²) >= 11 is 0. The van der Waals surface area contributed by atoms with E-state index >= 15 is 0 Å². The third-order valence-corrected chi connectivity index (χ3v) is 5.53. The summed E-state index contributed by atoms with van der Waals surface area (Å²) in [7, 11) is -3.19. The first-order valence-electron chi connectivity index (χ1n) is 7.23. The molecular formula is C16H17F3N2O2S. The topological polar surface area (TPSA) is 50.3 Å². The standard InChI is InChI=1S/C16H17F3N2O2S/c1-21(24(22,23)14-9-13(17)10-20-11-14)15(16(18)19)8-7-12-5-3-2-4-6-12/h2-6,9-11,15-16H,7-8H2,1H3. The Kier molecular flexibility index (Phi) is 5.95. The molecule has 0 aliphatic carbocycles. The fourth-order valence-corrected chi connectivity index (χ4v) is 3.65. The lowest BCUT2D eigenvalue weighted by Crippen LogP contribution is -2.42. The van der Waals surface area contributed by atoms with Gasteiger partial charge in [0.05, 0.1) is 12.2 Å². The van der Waals surface area contributed by atoms with E-state index in [9.17, 15) is 21.6 Å². The molecule has 0 aliphatic heterocycles. The molecule has 0 bridgehead atoms. The Hall–Kier alpha value is -1.93. The number of rotatable bonds is 7. The molecule has 0 amide bonds. The van der Waals surface area contributed by atoms with Crippen molar-refractivity contribution in [2.24, 2.45) is 0 Å². The molecule has 8 heteroatoms. The highest BCUT2D eigenvalue weighted by molar-refractivity contribution is 7.89. The molecule has 2 rings (SSSR count). The van der Waals surface area contributed by atoms with E-state index in [-0.39, 0.29) is 6.42 Å². The smallest absolute Gasteiger partial charge is 0.255 e. The molecule has 1 atom stereocenters. The van der Waals surface area contributed by atoms with Gasteiger partial charge in [-0.2, -0.15) is 4.31 Å². The summed E-state index contributed by atoms with van der Waals surface area (Å²) in [5, 5.41) is 0. The van der Waals surface area contributed by atoms with Crippen LogP contribution in [0.1, 0.15) is 12.0 Å². The number of alkyl halides is 2. The number of nitrogens with zero attached hydrogens (tertiary/aromatic N) is 2. The molecule has 0 N–H and O–H groups in total. The molecule has 0 saturated heterocycles. The monoisotopic (exact) mass is 358 g/mol. The molecule has 1 heterocycles. The van der Waals surface area contributed by atoms with E-state index < -0.39 is 33.2 Å². The first kappa shape index (κ1) is 18.4. The first-order chi connectivity index (χ1) is 11.3. The number of pyridine rings is 1. The van der Waals surface area contributed by atoms with Gasteiger partial charge in [0.25, 0.3) is 6.43 Å². The lowest BCUT2D eigenvalue weighted by molar-refractivity contribution is 0.0658. The van der Waals surface area contributed by atoms with Crippen molar-refractivity contribution in [3.63, 3.8) is 0 Å². The molecule has 1 unspecified atom stereocenters. The minimum Gasteiger partial charge on any atom is -0.260 e. The molecule has 2 aromatic rings. The predicted octanol–water partition coefficient (Wildman–Crippen LogP) is 3.11. The van der Waals surface area contributed by atoms with Crippen molar-refractivity contribution >= 4 is 10.0 Å². The molecule has 0 spiro atoms. The number of benzene rings is 1. The van der Waals surface area contributed by atoms with Crippen molar-refractivity contribution in [2.75, 3.05) is 7.05 Å². The summed E-state index contributed by atoms with van der Waals surface area (Å²) in [5.74, 6) is -0.845.